The number of aryl methyl sites for hydroxylation is 1. The number of hydrogen-bond donors (Lipinski definition) is 1. The van der Waals surface area contributed by atoms with Crippen molar-refractivity contribution in [2.75, 3.05) is 25.1 Å². The molecule has 0 fully saturated rings. The molecule has 2 aromatic rings. The van der Waals surface area contributed by atoms with Gasteiger partial charge in [0.1, 0.15) is 11.5 Å². The summed E-state index contributed by atoms with van der Waals surface area (Å²) in [6, 6.07) is 14.5. The van der Waals surface area contributed by atoms with Gasteiger partial charge >= 0.3 is 5.97 Å². The number of nitrogens with one attached hydrogen (secondary N) is 1. The number of ether oxygens (including phenoxy) is 3. The minimum Gasteiger partial charge on any atom is -0.492 e. The normalized spacial score (nSPS) is 10.1. The van der Waals surface area contributed by atoms with Crippen LogP contribution in [0, 0.1) is 0 Å². The summed E-state index contributed by atoms with van der Waals surface area (Å²) >= 11 is 0. The van der Waals surface area contributed by atoms with Crippen LogP contribution in [0.3, 0.4) is 0 Å². The first-order chi connectivity index (χ1) is 12.6. The summed E-state index contributed by atoms with van der Waals surface area (Å²) in [4.78, 5) is 23.6. The van der Waals surface area contributed by atoms with E-state index < -0.39 is 18.5 Å². The van der Waals surface area contributed by atoms with Crippen molar-refractivity contribution in [1.29, 1.82) is 0 Å². The molecular formula is C20H23NO5. The van der Waals surface area contributed by atoms with Crippen LogP contribution in [0.2, 0.25) is 0 Å². The number of hydrogen-bond acceptors (Lipinski definition) is 5. The highest BCUT2D eigenvalue weighted by Gasteiger charge is 2.11. The zero-order valence-electron chi connectivity index (χ0n) is 15.0. The van der Waals surface area contributed by atoms with Crippen molar-refractivity contribution in [2.45, 2.75) is 20.3 Å². The zero-order chi connectivity index (χ0) is 18.8. The number of benzene rings is 2. The first-order valence-corrected chi connectivity index (χ1v) is 8.51. The standard InChI is InChI=1S/C20H23NO5/c1-3-15-9-11-16(12-10-15)25-14-20(23)26-13-19(22)21-17-7-5-6-8-18(17)24-4-2/h5-12H,3-4,13-14H2,1-2H3,(H,21,22). The molecule has 0 heterocycles. The summed E-state index contributed by atoms with van der Waals surface area (Å²) in [6.45, 7) is 3.76. The number of para-hydroxylation sites is 2. The lowest BCUT2D eigenvalue weighted by molar-refractivity contribution is -0.149. The van der Waals surface area contributed by atoms with Crippen molar-refractivity contribution < 1.29 is 23.8 Å². The number of anilines is 1. The Morgan fingerprint density at radius 1 is 0.923 bits per heavy atom. The van der Waals surface area contributed by atoms with Gasteiger partial charge in [-0.05, 0) is 43.2 Å². The van der Waals surface area contributed by atoms with E-state index in [0.717, 1.165) is 6.42 Å². The Balaban J connectivity index is 1.75. The Morgan fingerprint density at radius 3 is 2.35 bits per heavy atom. The minimum atomic E-state index is -0.613. The number of amides is 1. The van der Waals surface area contributed by atoms with E-state index in [1.807, 2.05) is 25.1 Å². The molecule has 0 saturated heterocycles. The van der Waals surface area contributed by atoms with E-state index >= 15 is 0 Å². The van der Waals surface area contributed by atoms with Gasteiger partial charge in [0.05, 0.1) is 12.3 Å². The summed E-state index contributed by atoms with van der Waals surface area (Å²) in [6.07, 6.45) is 0.934. The van der Waals surface area contributed by atoms with E-state index in [9.17, 15) is 9.59 Å². The molecule has 0 atom stereocenters. The van der Waals surface area contributed by atoms with Gasteiger partial charge in [0.25, 0.3) is 5.91 Å². The molecule has 6 heteroatoms. The molecule has 6 nitrogen and oxygen atoms in total. The fraction of sp³-hybridized carbons (Fsp3) is 0.300. The monoisotopic (exact) mass is 357 g/mol. The summed E-state index contributed by atoms with van der Waals surface area (Å²) in [5.74, 6) is 0.0818. The second-order valence-electron chi connectivity index (χ2n) is 5.42. The van der Waals surface area contributed by atoms with Crippen LogP contribution in [-0.4, -0.2) is 31.7 Å². The fourth-order valence-corrected chi connectivity index (χ4v) is 2.19. The molecule has 0 aliphatic carbocycles. The van der Waals surface area contributed by atoms with Crippen molar-refractivity contribution in [2.24, 2.45) is 0 Å². The molecule has 0 radical (unpaired) electrons. The van der Waals surface area contributed by atoms with Crippen molar-refractivity contribution >= 4 is 17.6 Å². The third-order valence-electron chi connectivity index (χ3n) is 3.51. The largest absolute Gasteiger partial charge is 0.492 e. The molecule has 26 heavy (non-hydrogen) atoms. The fourth-order valence-electron chi connectivity index (χ4n) is 2.19. The Hall–Kier alpha value is -3.02. The average molecular weight is 357 g/mol. The van der Waals surface area contributed by atoms with E-state index in [1.54, 1.807) is 30.3 Å². The number of carbonyl (C=O) groups excluding carboxylic acids is 2. The Kier molecular flexibility index (Phi) is 7.49. The Labute approximate surface area is 153 Å². The van der Waals surface area contributed by atoms with E-state index in [0.29, 0.717) is 23.8 Å². The Morgan fingerprint density at radius 2 is 1.65 bits per heavy atom. The molecule has 2 rings (SSSR count). The molecule has 0 saturated carbocycles. The van der Waals surface area contributed by atoms with Crippen molar-refractivity contribution in [1.82, 2.24) is 0 Å². The maximum Gasteiger partial charge on any atom is 0.344 e. The lowest BCUT2D eigenvalue weighted by atomic mass is 10.2. The third-order valence-corrected chi connectivity index (χ3v) is 3.51. The molecular weight excluding hydrogens is 334 g/mol. The van der Waals surface area contributed by atoms with Crippen LogP contribution in [0.4, 0.5) is 5.69 Å². The third kappa shape index (κ3) is 6.12. The smallest absolute Gasteiger partial charge is 0.344 e. The van der Waals surface area contributed by atoms with Crippen LogP contribution in [-0.2, 0) is 20.7 Å². The summed E-state index contributed by atoms with van der Waals surface area (Å²) in [5, 5.41) is 2.66. The highest BCUT2D eigenvalue weighted by molar-refractivity contribution is 5.94. The highest BCUT2D eigenvalue weighted by atomic mass is 16.6. The zero-order valence-corrected chi connectivity index (χ0v) is 15.0. The van der Waals surface area contributed by atoms with Crippen LogP contribution in [0.5, 0.6) is 11.5 Å². The van der Waals surface area contributed by atoms with Gasteiger partial charge in [-0.3, -0.25) is 4.79 Å². The summed E-state index contributed by atoms with van der Waals surface area (Å²) < 4.78 is 15.7. The quantitative estimate of drug-likeness (QED) is 0.698. The van der Waals surface area contributed by atoms with E-state index in [4.69, 9.17) is 14.2 Å². The summed E-state index contributed by atoms with van der Waals surface area (Å²) in [5.41, 5.74) is 1.71. The maximum absolute atomic E-state index is 11.9. The van der Waals surface area contributed by atoms with E-state index in [1.165, 1.54) is 5.56 Å². The van der Waals surface area contributed by atoms with Crippen LogP contribution in [0.15, 0.2) is 48.5 Å². The molecule has 2 aromatic carbocycles. The van der Waals surface area contributed by atoms with E-state index in [2.05, 4.69) is 12.2 Å². The van der Waals surface area contributed by atoms with Gasteiger partial charge in [0.2, 0.25) is 0 Å². The molecule has 0 aliphatic rings. The predicted molar refractivity (Wildman–Crippen MR) is 98.5 cm³/mol. The van der Waals surface area contributed by atoms with Crippen LogP contribution < -0.4 is 14.8 Å². The molecule has 0 unspecified atom stereocenters. The molecule has 138 valence electrons. The first kappa shape index (κ1) is 19.3. The lowest BCUT2D eigenvalue weighted by Gasteiger charge is -2.11. The summed E-state index contributed by atoms with van der Waals surface area (Å²) in [7, 11) is 0. The molecule has 1 amide bonds. The maximum atomic E-state index is 11.9. The van der Waals surface area contributed by atoms with Crippen molar-refractivity contribution in [3.63, 3.8) is 0 Å². The van der Waals surface area contributed by atoms with Crippen LogP contribution in [0.25, 0.3) is 0 Å². The van der Waals surface area contributed by atoms with Crippen molar-refractivity contribution in [3.8, 4) is 11.5 Å². The van der Waals surface area contributed by atoms with Gasteiger partial charge in [-0.15, -0.1) is 0 Å². The van der Waals surface area contributed by atoms with Crippen molar-refractivity contribution in [3.05, 3.63) is 54.1 Å². The molecule has 0 spiro atoms. The van der Waals surface area contributed by atoms with E-state index in [-0.39, 0.29) is 6.61 Å². The molecule has 0 bridgehead atoms. The Bertz CT molecular complexity index is 727. The minimum absolute atomic E-state index is 0.256. The lowest BCUT2D eigenvalue weighted by Crippen LogP contribution is -2.23. The number of esters is 1. The first-order valence-electron chi connectivity index (χ1n) is 8.51. The topological polar surface area (TPSA) is 73.9 Å². The second-order valence-corrected chi connectivity index (χ2v) is 5.42. The van der Waals surface area contributed by atoms with Gasteiger partial charge in [-0.25, -0.2) is 4.79 Å². The second kappa shape index (κ2) is 10.1. The molecule has 0 aromatic heterocycles. The van der Waals surface area contributed by atoms with Gasteiger partial charge < -0.3 is 19.5 Å². The van der Waals surface area contributed by atoms with Gasteiger partial charge in [-0.2, -0.15) is 0 Å². The highest BCUT2D eigenvalue weighted by Crippen LogP contribution is 2.23. The predicted octanol–water partition coefficient (Wildman–Crippen LogP) is 3.21. The van der Waals surface area contributed by atoms with Crippen LogP contribution in [0.1, 0.15) is 19.4 Å². The van der Waals surface area contributed by atoms with Gasteiger partial charge in [0.15, 0.2) is 13.2 Å². The SMILES string of the molecule is CCOc1ccccc1NC(=O)COC(=O)COc1ccc(CC)cc1. The number of carbonyl (C=O) groups is 2. The van der Waals surface area contributed by atoms with Crippen LogP contribution >= 0.6 is 0 Å². The molecule has 1 N–H and O–H groups in total. The number of rotatable bonds is 9. The average Bonchev–Trinajstić information content (AvgIpc) is 2.67. The molecule has 0 aliphatic heterocycles. The van der Waals surface area contributed by atoms with Gasteiger partial charge in [0, 0.05) is 0 Å². The van der Waals surface area contributed by atoms with Gasteiger partial charge in [-0.1, -0.05) is 31.2 Å².